The molecule has 1 aliphatic heterocycles. The Kier molecular flexibility index (Phi) is 6.59. The van der Waals surface area contributed by atoms with Crippen LogP contribution in [0.5, 0.6) is 5.75 Å². The second-order valence-electron chi connectivity index (χ2n) is 7.79. The van der Waals surface area contributed by atoms with E-state index in [1.165, 1.54) is 11.1 Å². The van der Waals surface area contributed by atoms with Crippen molar-refractivity contribution >= 4 is 40.9 Å². The molecule has 0 saturated carbocycles. The summed E-state index contributed by atoms with van der Waals surface area (Å²) in [6, 6.07) is 23.3. The molecule has 1 saturated heterocycles. The number of anilines is 3. The highest BCUT2D eigenvalue weighted by Gasteiger charge is 2.34. The molecule has 34 heavy (non-hydrogen) atoms. The number of carbonyl (C=O) groups is 3. The summed E-state index contributed by atoms with van der Waals surface area (Å²) in [5, 5.41) is 3.97. The number of hydrogen-bond donors (Lipinski definition) is 2. The Morgan fingerprint density at radius 3 is 2.35 bits per heavy atom. The van der Waals surface area contributed by atoms with Gasteiger partial charge >= 0.3 is 0 Å². The van der Waals surface area contributed by atoms with Crippen LogP contribution in [0.25, 0.3) is 6.08 Å². The van der Waals surface area contributed by atoms with E-state index in [1.807, 2.05) is 49.3 Å². The van der Waals surface area contributed by atoms with Crippen LogP contribution in [0.1, 0.15) is 5.56 Å². The molecule has 3 aromatic rings. The SMILES string of the molecule is CN(C)c1ccc(C=C2C(=O)NN(c3ccccc3)C2=O)c(OCC(=O)Nc2ccccc2)c1. The van der Waals surface area contributed by atoms with Gasteiger partial charge in [-0.25, -0.2) is 5.01 Å². The number of rotatable bonds is 7. The fourth-order valence-corrected chi connectivity index (χ4v) is 3.38. The van der Waals surface area contributed by atoms with E-state index in [4.69, 9.17) is 4.74 Å². The molecule has 8 nitrogen and oxygen atoms in total. The highest BCUT2D eigenvalue weighted by molar-refractivity contribution is 6.31. The average molecular weight is 457 g/mol. The summed E-state index contributed by atoms with van der Waals surface area (Å²) in [5.74, 6) is -0.940. The minimum absolute atomic E-state index is 0.0277. The van der Waals surface area contributed by atoms with Crippen LogP contribution in [0.15, 0.2) is 84.4 Å². The van der Waals surface area contributed by atoms with Crippen molar-refractivity contribution in [2.45, 2.75) is 0 Å². The first-order valence-corrected chi connectivity index (χ1v) is 10.6. The van der Waals surface area contributed by atoms with Gasteiger partial charge in [0.15, 0.2) is 6.61 Å². The zero-order chi connectivity index (χ0) is 24.1. The van der Waals surface area contributed by atoms with Crippen molar-refractivity contribution in [1.82, 2.24) is 5.43 Å². The fourth-order valence-electron chi connectivity index (χ4n) is 3.38. The van der Waals surface area contributed by atoms with Crippen LogP contribution in [-0.2, 0) is 14.4 Å². The monoisotopic (exact) mass is 456 g/mol. The predicted molar refractivity (Wildman–Crippen MR) is 131 cm³/mol. The minimum Gasteiger partial charge on any atom is -0.483 e. The Morgan fingerprint density at radius 1 is 1.00 bits per heavy atom. The van der Waals surface area contributed by atoms with E-state index < -0.39 is 11.8 Å². The summed E-state index contributed by atoms with van der Waals surface area (Å²) >= 11 is 0. The Balaban J connectivity index is 1.57. The molecule has 1 fully saturated rings. The molecule has 4 rings (SSSR count). The number of hydrazine groups is 1. The third-order valence-corrected chi connectivity index (χ3v) is 5.14. The molecular formula is C26H24N4O4. The molecule has 172 valence electrons. The highest BCUT2D eigenvalue weighted by Crippen LogP contribution is 2.29. The molecule has 0 spiro atoms. The van der Waals surface area contributed by atoms with E-state index in [2.05, 4.69) is 10.7 Å². The van der Waals surface area contributed by atoms with Gasteiger partial charge in [0.05, 0.1) is 5.69 Å². The van der Waals surface area contributed by atoms with Crippen LogP contribution >= 0.6 is 0 Å². The summed E-state index contributed by atoms with van der Waals surface area (Å²) in [6.07, 6.45) is 1.48. The number of amides is 3. The predicted octanol–water partition coefficient (Wildman–Crippen LogP) is 3.23. The molecule has 3 amide bonds. The first kappa shape index (κ1) is 22.6. The van der Waals surface area contributed by atoms with Gasteiger partial charge in [-0.1, -0.05) is 36.4 Å². The van der Waals surface area contributed by atoms with Crippen molar-refractivity contribution in [3.63, 3.8) is 0 Å². The summed E-state index contributed by atoms with van der Waals surface area (Å²) in [7, 11) is 3.76. The summed E-state index contributed by atoms with van der Waals surface area (Å²) < 4.78 is 5.81. The Bertz CT molecular complexity index is 1240. The van der Waals surface area contributed by atoms with E-state index in [0.717, 1.165) is 5.69 Å². The number of para-hydroxylation sites is 2. The molecule has 1 aliphatic rings. The van der Waals surface area contributed by atoms with Crippen LogP contribution in [0.2, 0.25) is 0 Å². The van der Waals surface area contributed by atoms with Crippen molar-refractivity contribution in [2.75, 3.05) is 35.9 Å². The maximum Gasteiger partial charge on any atom is 0.282 e. The van der Waals surface area contributed by atoms with Gasteiger partial charge in [-0.2, -0.15) is 0 Å². The normalized spacial score (nSPS) is 14.2. The summed E-state index contributed by atoms with van der Waals surface area (Å²) in [4.78, 5) is 39.8. The number of nitrogens with one attached hydrogen (secondary N) is 2. The molecule has 0 bridgehead atoms. The van der Waals surface area contributed by atoms with E-state index in [-0.39, 0.29) is 18.1 Å². The molecule has 0 aliphatic carbocycles. The molecular weight excluding hydrogens is 432 g/mol. The second-order valence-corrected chi connectivity index (χ2v) is 7.79. The van der Waals surface area contributed by atoms with Gasteiger partial charge in [0.2, 0.25) is 0 Å². The number of nitrogens with zero attached hydrogens (tertiary/aromatic N) is 2. The van der Waals surface area contributed by atoms with Gasteiger partial charge < -0.3 is 15.0 Å². The van der Waals surface area contributed by atoms with Crippen molar-refractivity contribution < 1.29 is 19.1 Å². The lowest BCUT2D eigenvalue weighted by Crippen LogP contribution is -2.35. The standard InChI is InChI=1S/C26H24N4O4/c1-29(2)21-14-13-18(23(16-21)34-17-24(31)27-19-9-5-3-6-10-19)15-22-25(32)28-30(26(22)33)20-11-7-4-8-12-20/h3-16H,17H2,1-2H3,(H,27,31)(H,28,32). The Labute approximate surface area is 197 Å². The largest absolute Gasteiger partial charge is 0.483 e. The third-order valence-electron chi connectivity index (χ3n) is 5.14. The molecule has 0 radical (unpaired) electrons. The van der Waals surface area contributed by atoms with Crippen LogP contribution in [0, 0.1) is 0 Å². The van der Waals surface area contributed by atoms with Gasteiger partial charge in [-0.3, -0.25) is 19.8 Å². The lowest BCUT2D eigenvalue weighted by molar-refractivity contribution is -0.118. The van der Waals surface area contributed by atoms with Gasteiger partial charge in [-0.05, 0) is 42.5 Å². The first-order chi connectivity index (χ1) is 16.4. The number of carbonyl (C=O) groups excluding carboxylic acids is 3. The fraction of sp³-hybridized carbons (Fsp3) is 0.115. The molecule has 2 N–H and O–H groups in total. The number of benzene rings is 3. The Morgan fingerprint density at radius 2 is 1.68 bits per heavy atom. The van der Waals surface area contributed by atoms with Gasteiger partial charge in [0.25, 0.3) is 17.7 Å². The average Bonchev–Trinajstić information content (AvgIpc) is 3.12. The van der Waals surface area contributed by atoms with E-state index in [9.17, 15) is 14.4 Å². The number of hydrogen-bond acceptors (Lipinski definition) is 5. The van der Waals surface area contributed by atoms with E-state index >= 15 is 0 Å². The van der Waals surface area contributed by atoms with Crippen LogP contribution < -0.4 is 25.4 Å². The van der Waals surface area contributed by atoms with Gasteiger partial charge in [-0.15, -0.1) is 0 Å². The summed E-state index contributed by atoms with van der Waals surface area (Å²) in [6.45, 7) is -0.238. The first-order valence-electron chi connectivity index (χ1n) is 10.6. The van der Waals surface area contributed by atoms with E-state index in [1.54, 1.807) is 48.5 Å². The minimum atomic E-state index is -0.515. The quantitative estimate of drug-likeness (QED) is 0.421. The summed E-state index contributed by atoms with van der Waals surface area (Å²) in [5.41, 5.74) is 5.12. The van der Waals surface area contributed by atoms with Crippen molar-refractivity contribution in [3.05, 3.63) is 90.0 Å². The molecule has 1 heterocycles. The third kappa shape index (κ3) is 5.07. The molecule has 3 aromatic carbocycles. The highest BCUT2D eigenvalue weighted by atomic mass is 16.5. The number of ether oxygens (including phenoxy) is 1. The van der Waals surface area contributed by atoms with Crippen molar-refractivity contribution in [1.29, 1.82) is 0 Å². The lowest BCUT2D eigenvalue weighted by atomic mass is 10.1. The maximum atomic E-state index is 12.9. The molecule has 0 unspecified atom stereocenters. The topological polar surface area (TPSA) is 91.0 Å². The molecule has 0 aromatic heterocycles. The second kappa shape index (κ2) is 9.91. The lowest BCUT2D eigenvalue weighted by Gasteiger charge is -2.16. The van der Waals surface area contributed by atoms with Gasteiger partial charge in [0, 0.05) is 37.1 Å². The Hall–Kier alpha value is -4.59. The van der Waals surface area contributed by atoms with Crippen molar-refractivity contribution in [3.8, 4) is 5.75 Å². The van der Waals surface area contributed by atoms with Gasteiger partial charge in [0.1, 0.15) is 11.3 Å². The molecule has 0 atom stereocenters. The molecule has 8 heteroatoms. The van der Waals surface area contributed by atoms with Crippen LogP contribution in [0.3, 0.4) is 0 Å². The van der Waals surface area contributed by atoms with Crippen molar-refractivity contribution in [2.24, 2.45) is 0 Å². The zero-order valence-corrected chi connectivity index (χ0v) is 18.8. The maximum absolute atomic E-state index is 12.9. The van der Waals surface area contributed by atoms with E-state index in [0.29, 0.717) is 22.7 Å². The van der Waals surface area contributed by atoms with Crippen LogP contribution in [0.4, 0.5) is 17.1 Å². The van der Waals surface area contributed by atoms with Crippen LogP contribution in [-0.4, -0.2) is 38.4 Å². The smallest absolute Gasteiger partial charge is 0.282 e. The zero-order valence-electron chi connectivity index (χ0n) is 18.8.